The van der Waals surface area contributed by atoms with Crippen LogP contribution in [-0.4, -0.2) is 24.7 Å². The first-order chi connectivity index (χ1) is 11.5. The van der Waals surface area contributed by atoms with Crippen molar-refractivity contribution in [3.63, 3.8) is 0 Å². The summed E-state index contributed by atoms with van der Waals surface area (Å²) in [7, 11) is 1.59. The van der Waals surface area contributed by atoms with Gasteiger partial charge in [0, 0.05) is 5.69 Å². The van der Waals surface area contributed by atoms with E-state index in [4.69, 9.17) is 21.7 Å². The van der Waals surface area contributed by atoms with Crippen LogP contribution in [0.15, 0.2) is 42.5 Å². The minimum Gasteiger partial charge on any atom is -0.497 e. The highest BCUT2D eigenvalue weighted by atomic mass is 32.1. The third-order valence-corrected chi connectivity index (χ3v) is 3.37. The minimum atomic E-state index is -0.326. The Morgan fingerprint density at radius 1 is 1.04 bits per heavy atom. The van der Waals surface area contributed by atoms with Gasteiger partial charge in [0.15, 0.2) is 11.7 Å². The zero-order valence-corrected chi connectivity index (χ0v) is 14.7. The maximum Gasteiger partial charge on any atom is 0.264 e. The Morgan fingerprint density at radius 2 is 1.62 bits per heavy atom. The molecule has 2 aromatic carbocycles. The Kier molecular flexibility index (Phi) is 6.14. The molecule has 0 spiro atoms. The third-order valence-electron chi connectivity index (χ3n) is 3.16. The van der Waals surface area contributed by atoms with Crippen LogP contribution >= 0.6 is 12.2 Å². The van der Waals surface area contributed by atoms with Crippen LogP contribution in [0.4, 0.5) is 5.69 Å². The molecule has 0 saturated carbocycles. The predicted octanol–water partition coefficient (Wildman–Crippen LogP) is 3.20. The zero-order chi connectivity index (χ0) is 17.5. The molecule has 6 heteroatoms. The molecule has 0 aliphatic heterocycles. The number of benzene rings is 2. The van der Waals surface area contributed by atoms with E-state index < -0.39 is 0 Å². The van der Waals surface area contributed by atoms with Gasteiger partial charge < -0.3 is 14.8 Å². The molecule has 0 aromatic heterocycles. The number of methoxy groups -OCH3 is 1. The van der Waals surface area contributed by atoms with Crippen molar-refractivity contribution in [3.05, 3.63) is 53.6 Å². The van der Waals surface area contributed by atoms with Crippen LogP contribution in [0.1, 0.15) is 11.1 Å². The average molecular weight is 344 g/mol. The SMILES string of the molecule is COc1ccc(OCC(=O)NC(=S)Nc2cc(C)cc(C)c2)cc1. The molecule has 0 atom stereocenters. The van der Waals surface area contributed by atoms with Gasteiger partial charge in [0.1, 0.15) is 11.5 Å². The standard InChI is InChI=1S/C18H20N2O3S/c1-12-8-13(2)10-14(9-12)19-18(24)20-17(21)11-23-16-6-4-15(22-3)5-7-16/h4-10H,11H2,1-3H3,(H2,19,20,21,24). The fraction of sp³-hybridized carbons (Fsp3) is 0.222. The highest BCUT2D eigenvalue weighted by Crippen LogP contribution is 2.17. The molecule has 0 heterocycles. The van der Waals surface area contributed by atoms with Crippen LogP contribution in [0.5, 0.6) is 11.5 Å². The number of carbonyl (C=O) groups is 1. The van der Waals surface area contributed by atoms with E-state index in [0.29, 0.717) is 5.75 Å². The number of nitrogens with one attached hydrogen (secondary N) is 2. The van der Waals surface area contributed by atoms with Crippen molar-refractivity contribution in [3.8, 4) is 11.5 Å². The molecular weight excluding hydrogens is 324 g/mol. The Balaban J connectivity index is 1.81. The number of hydrogen-bond donors (Lipinski definition) is 2. The molecule has 2 aromatic rings. The summed E-state index contributed by atoms with van der Waals surface area (Å²) < 4.78 is 10.5. The summed E-state index contributed by atoms with van der Waals surface area (Å²) in [5.41, 5.74) is 3.08. The van der Waals surface area contributed by atoms with E-state index >= 15 is 0 Å². The van der Waals surface area contributed by atoms with Crippen molar-refractivity contribution in [2.75, 3.05) is 19.0 Å². The maximum atomic E-state index is 11.9. The Bertz CT molecular complexity index is 709. The summed E-state index contributed by atoms with van der Waals surface area (Å²) in [5.74, 6) is 0.984. The lowest BCUT2D eigenvalue weighted by atomic mass is 10.1. The average Bonchev–Trinajstić information content (AvgIpc) is 2.52. The van der Waals surface area contributed by atoms with Crippen molar-refractivity contribution >= 4 is 28.9 Å². The van der Waals surface area contributed by atoms with Crippen molar-refractivity contribution in [2.45, 2.75) is 13.8 Å². The topological polar surface area (TPSA) is 59.6 Å². The molecule has 2 rings (SSSR count). The summed E-state index contributed by atoms with van der Waals surface area (Å²) >= 11 is 5.15. The van der Waals surface area contributed by atoms with Gasteiger partial charge in [0.05, 0.1) is 7.11 Å². The molecule has 0 radical (unpaired) electrons. The highest BCUT2D eigenvalue weighted by molar-refractivity contribution is 7.80. The van der Waals surface area contributed by atoms with Crippen molar-refractivity contribution < 1.29 is 14.3 Å². The lowest BCUT2D eigenvalue weighted by Gasteiger charge is -2.11. The van der Waals surface area contributed by atoms with Gasteiger partial charge in [-0.3, -0.25) is 10.1 Å². The van der Waals surface area contributed by atoms with Crippen LogP contribution in [-0.2, 0) is 4.79 Å². The highest BCUT2D eigenvalue weighted by Gasteiger charge is 2.07. The van der Waals surface area contributed by atoms with Gasteiger partial charge in [-0.1, -0.05) is 6.07 Å². The van der Waals surface area contributed by atoms with Crippen molar-refractivity contribution in [1.82, 2.24) is 5.32 Å². The van der Waals surface area contributed by atoms with E-state index in [1.165, 1.54) is 0 Å². The predicted molar refractivity (Wildman–Crippen MR) is 98.8 cm³/mol. The molecule has 0 fully saturated rings. The van der Waals surface area contributed by atoms with Gasteiger partial charge in [-0.25, -0.2) is 0 Å². The Morgan fingerprint density at radius 3 is 2.21 bits per heavy atom. The second-order valence-corrected chi connectivity index (χ2v) is 5.75. The van der Waals surface area contributed by atoms with Gasteiger partial charge in [-0.2, -0.15) is 0 Å². The summed E-state index contributed by atoms with van der Waals surface area (Å²) in [6.45, 7) is 3.88. The molecule has 5 nitrogen and oxygen atoms in total. The van der Waals surface area contributed by atoms with Crippen molar-refractivity contribution in [1.29, 1.82) is 0 Å². The van der Waals surface area contributed by atoms with Gasteiger partial charge >= 0.3 is 0 Å². The third kappa shape index (κ3) is 5.55. The van der Waals surface area contributed by atoms with Crippen LogP contribution in [0, 0.1) is 13.8 Å². The van der Waals surface area contributed by atoms with E-state index in [1.54, 1.807) is 31.4 Å². The monoisotopic (exact) mass is 344 g/mol. The molecule has 0 saturated heterocycles. The number of anilines is 1. The first-order valence-electron chi connectivity index (χ1n) is 7.42. The van der Waals surface area contributed by atoms with E-state index in [2.05, 4.69) is 16.7 Å². The zero-order valence-electron chi connectivity index (χ0n) is 13.9. The molecule has 0 aliphatic carbocycles. The molecule has 0 aliphatic rings. The van der Waals surface area contributed by atoms with Gasteiger partial charge in [-0.15, -0.1) is 0 Å². The molecule has 1 amide bonds. The molecular formula is C18H20N2O3S. The van der Waals surface area contributed by atoms with Crippen molar-refractivity contribution in [2.24, 2.45) is 0 Å². The first kappa shape index (κ1) is 17.7. The number of hydrogen-bond acceptors (Lipinski definition) is 4. The van der Waals surface area contributed by atoms with Gasteiger partial charge in [-0.05, 0) is 73.6 Å². The minimum absolute atomic E-state index is 0.124. The summed E-state index contributed by atoms with van der Waals surface area (Å²) in [4.78, 5) is 11.9. The molecule has 0 bridgehead atoms. The lowest BCUT2D eigenvalue weighted by Crippen LogP contribution is -2.37. The Labute approximate surface area is 147 Å². The number of ether oxygens (including phenoxy) is 2. The van der Waals surface area contributed by atoms with Crippen LogP contribution in [0.3, 0.4) is 0 Å². The summed E-state index contributed by atoms with van der Waals surface area (Å²) in [5, 5.41) is 5.83. The lowest BCUT2D eigenvalue weighted by molar-refractivity contribution is -0.121. The first-order valence-corrected chi connectivity index (χ1v) is 7.83. The fourth-order valence-electron chi connectivity index (χ4n) is 2.19. The molecule has 126 valence electrons. The van der Waals surface area contributed by atoms with Crippen LogP contribution < -0.4 is 20.1 Å². The largest absolute Gasteiger partial charge is 0.497 e. The van der Waals surface area contributed by atoms with Gasteiger partial charge in [0.2, 0.25) is 0 Å². The van der Waals surface area contributed by atoms with E-state index in [-0.39, 0.29) is 17.6 Å². The van der Waals surface area contributed by atoms with E-state index in [1.807, 2.05) is 26.0 Å². The molecule has 2 N–H and O–H groups in total. The number of aryl methyl sites for hydroxylation is 2. The number of carbonyl (C=O) groups excluding carboxylic acids is 1. The molecule has 0 unspecified atom stereocenters. The van der Waals surface area contributed by atoms with Crippen LogP contribution in [0.2, 0.25) is 0 Å². The summed E-state index contributed by atoms with van der Waals surface area (Å²) in [6, 6.07) is 13.0. The molecule has 24 heavy (non-hydrogen) atoms. The number of amides is 1. The maximum absolute atomic E-state index is 11.9. The normalized spacial score (nSPS) is 9.96. The quantitative estimate of drug-likeness (QED) is 0.816. The second kappa shape index (κ2) is 8.31. The Hall–Kier alpha value is -2.60. The van der Waals surface area contributed by atoms with Crippen LogP contribution in [0.25, 0.3) is 0 Å². The van der Waals surface area contributed by atoms with E-state index in [0.717, 1.165) is 22.6 Å². The smallest absolute Gasteiger partial charge is 0.264 e. The number of thiocarbonyl (C=S) groups is 1. The number of rotatable bonds is 5. The summed E-state index contributed by atoms with van der Waals surface area (Å²) in [6.07, 6.45) is 0. The second-order valence-electron chi connectivity index (χ2n) is 5.34. The van der Waals surface area contributed by atoms with Gasteiger partial charge in [0.25, 0.3) is 5.91 Å². The van der Waals surface area contributed by atoms with E-state index in [9.17, 15) is 4.79 Å². The fourth-order valence-corrected chi connectivity index (χ4v) is 2.42.